The molecule has 48 heavy (non-hydrogen) atoms. The molecular formula is C33H45N3O12. The van der Waals surface area contributed by atoms with Crippen LogP contribution in [0.3, 0.4) is 0 Å². The predicted molar refractivity (Wildman–Crippen MR) is 180 cm³/mol. The third kappa shape index (κ3) is 18.8. The molecule has 3 aromatic carbocycles. The van der Waals surface area contributed by atoms with Crippen molar-refractivity contribution >= 4 is 41.6 Å². The zero-order valence-electron chi connectivity index (χ0n) is 27.5. The summed E-state index contributed by atoms with van der Waals surface area (Å²) in [5, 5.41) is 75.8. The lowest BCUT2D eigenvalue weighted by atomic mass is 10.0. The Morgan fingerprint density at radius 3 is 0.979 bits per heavy atom. The summed E-state index contributed by atoms with van der Waals surface area (Å²) in [6, 6.07) is 16.7. The molecule has 0 saturated carbocycles. The summed E-state index contributed by atoms with van der Waals surface area (Å²) in [5.74, 6) is 0. The van der Waals surface area contributed by atoms with Crippen molar-refractivity contribution < 1.29 is 60.0 Å². The van der Waals surface area contributed by atoms with Gasteiger partial charge < -0.3 is 45.6 Å². The number of anilines is 3. The van der Waals surface area contributed by atoms with Crippen molar-refractivity contribution in [1.29, 1.82) is 0 Å². The normalized spacial score (nSPS) is 12.4. The Morgan fingerprint density at radius 1 is 0.542 bits per heavy atom. The van der Waals surface area contributed by atoms with Gasteiger partial charge in [0.25, 0.3) is 0 Å². The first-order valence-corrected chi connectivity index (χ1v) is 14.3. The fourth-order valence-electron chi connectivity index (χ4n) is 4.13. The van der Waals surface area contributed by atoms with Gasteiger partial charge in [0, 0.05) is 17.1 Å². The molecule has 3 amide bonds. The summed E-state index contributed by atoms with van der Waals surface area (Å²) in [6.45, 7) is 10.8. The smallest absolute Gasteiger partial charge is 0.409 e. The summed E-state index contributed by atoms with van der Waals surface area (Å²) < 4.78 is 0. The molecule has 0 bridgehead atoms. The van der Waals surface area contributed by atoms with Crippen molar-refractivity contribution in [3.63, 3.8) is 0 Å². The van der Waals surface area contributed by atoms with Gasteiger partial charge >= 0.3 is 18.3 Å². The molecule has 0 radical (unpaired) electrons. The van der Waals surface area contributed by atoms with Gasteiger partial charge in [-0.05, 0) is 111 Å². The number of carboxylic acid groups (broad SMARTS) is 3. The molecule has 0 unspecified atom stereocenters. The van der Waals surface area contributed by atoms with Crippen molar-refractivity contribution in [2.75, 3.05) is 22.6 Å². The van der Waals surface area contributed by atoms with E-state index in [1.807, 2.05) is 59.7 Å². The molecule has 15 heteroatoms. The molecule has 15 nitrogen and oxygen atoms in total. The number of amides is 3. The van der Waals surface area contributed by atoms with Crippen molar-refractivity contribution in [3.05, 3.63) is 88.0 Å². The zero-order valence-corrected chi connectivity index (χ0v) is 27.5. The average molecular weight is 676 g/mol. The van der Waals surface area contributed by atoms with Crippen LogP contribution in [0, 0.1) is 41.5 Å². The van der Waals surface area contributed by atoms with E-state index in [1.165, 1.54) is 0 Å². The number of carbonyl (C=O) groups is 4. The maximum atomic E-state index is 10.3. The van der Waals surface area contributed by atoms with Crippen LogP contribution in [0.2, 0.25) is 0 Å². The van der Waals surface area contributed by atoms with Crippen molar-refractivity contribution in [1.82, 2.24) is 0 Å². The highest BCUT2D eigenvalue weighted by atomic mass is 16.4. The number of aliphatic hydroxyl groups excluding tert-OH is 5. The predicted octanol–water partition coefficient (Wildman–Crippen LogP) is 3.80. The van der Waals surface area contributed by atoms with Crippen LogP contribution in [0.4, 0.5) is 31.4 Å². The average Bonchev–Trinajstić information content (AvgIpc) is 2.94. The minimum Gasteiger partial charge on any atom is -0.465 e. The Bertz CT molecular complexity index is 1290. The Kier molecular flexibility index (Phi) is 19.4. The van der Waals surface area contributed by atoms with Crippen LogP contribution in [0.15, 0.2) is 54.6 Å². The molecule has 0 spiro atoms. The maximum absolute atomic E-state index is 10.3. The summed E-state index contributed by atoms with van der Waals surface area (Å²) in [5.41, 5.74) is 8.20. The fraction of sp³-hybridized carbons (Fsp3) is 0.333. The van der Waals surface area contributed by atoms with Crippen molar-refractivity contribution in [2.45, 2.75) is 66.0 Å². The highest BCUT2D eigenvalue weighted by molar-refractivity contribution is 5.84. The lowest BCUT2D eigenvalue weighted by molar-refractivity contribution is -0.136. The third-order valence-electron chi connectivity index (χ3n) is 5.84. The summed E-state index contributed by atoms with van der Waals surface area (Å²) in [7, 11) is 0. The largest absolute Gasteiger partial charge is 0.465 e. The number of hydrogen-bond donors (Lipinski definition) is 11. The quantitative estimate of drug-likeness (QED) is 0.152. The Balaban J connectivity index is 0.000000614. The van der Waals surface area contributed by atoms with Crippen LogP contribution < -0.4 is 16.0 Å². The van der Waals surface area contributed by atoms with E-state index in [-0.39, 0.29) is 6.29 Å². The maximum Gasteiger partial charge on any atom is 0.409 e. The lowest BCUT2D eigenvalue weighted by Crippen LogP contribution is -2.46. The molecular weight excluding hydrogens is 630 g/mol. The molecule has 0 heterocycles. The van der Waals surface area contributed by atoms with Crippen LogP contribution >= 0.6 is 0 Å². The fourth-order valence-corrected chi connectivity index (χ4v) is 4.13. The molecule has 0 aliphatic carbocycles. The molecule has 264 valence electrons. The van der Waals surface area contributed by atoms with Gasteiger partial charge in [-0.3, -0.25) is 16.0 Å². The summed E-state index contributed by atoms with van der Waals surface area (Å²) in [6.07, 6.45) is -9.92. The van der Waals surface area contributed by atoms with E-state index in [1.54, 1.807) is 36.4 Å². The first-order chi connectivity index (χ1) is 22.3. The standard InChI is InChI=1S/3C9H11NO2.C6H12O6/c3*1-6-3-7(2)5-8(4-6)10-9(11)12;7-1-3(9)5(11)6(12)4(10)2-8/h3*3-5,10H,1-2H3,(H,11,12);1,3-6,8-12H,2H2/t;;;3-,4+,5+,6+/m...0/s1. The minimum absolute atomic E-state index is 0.0258. The van der Waals surface area contributed by atoms with Crippen LogP contribution in [0.1, 0.15) is 33.4 Å². The van der Waals surface area contributed by atoms with E-state index in [0.29, 0.717) is 17.1 Å². The molecule has 0 fully saturated rings. The molecule has 3 rings (SSSR count). The topological polar surface area (TPSA) is 266 Å². The van der Waals surface area contributed by atoms with E-state index in [9.17, 15) is 19.2 Å². The van der Waals surface area contributed by atoms with Crippen LogP contribution in [0.25, 0.3) is 0 Å². The number of carbonyl (C=O) groups excluding carboxylic acids is 1. The molecule has 0 aromatic heterocycles. The number of rotatable bonds is 8. The van der Waals surface area contributed by atoms with Crippen molar-refractivity contribution in [3.8, 4) is 0 Å². The second-order valence-electron chi connectivity index (χ2n) is 10.8. The minimum atomic E-state index is -1.79. The highest BCUT2D eigenvalue weighted by Gasteiger charge is 2.29. The molecule has 0 aliphatic heterocycles. The summed E-state index contributed by atoms with van der Waals surface area (Å²) >= 11 is 0. The number of aryl methyl sites for hydroxylation is 6. The van der Waals surface area contributed by atoms with Gasteiger partial charge in [0.1, 0.15) is 24.4 Å². The van der Waals surface area contributed by atoms with E-state index in [4.69, 9.17) is 40.9 Å². The van der Waals surface area contributed by atoms with E-state index in [2.05, 4.69) is 16.0 Å². The van der Waals surface area contributed by atoms with E-state index < -0.39 is 49.3 Å². The highest BCUT2D eigenvalue weighted by Crippen LogP contribution is 2.15. The van der Waals surface area contributed by atoms with E-state index in [0.717, 1.165) is 33.4 Å². The monoisotopic (exact) mass is 675 g/mol. The number of aliphatic hydroxyl groups is 5. The number of benzene rings is 3. The zero-order chi connectivity index (χ0) is 37.1. The summed E-state index contributed by atoms with van der Waals surface area (Å²) in [4.78, 5) is 40.7. The lowest BCUT2D eigenvalue weighted by Gasteiger charge is -2.22. The van der Waals surface area contributed by atoms with Gasteiger partial charge in [0.05, 0.1) is 6.61 Å². The van der Waals surface area contributed by atoms with Gasteiger partial charge in [-0.15, -0.1) is 0 Å². The van der Waals surface area contributed by atoms with Crippen molar-refractivity contribution in [2.24, 2.45) is 0 Å². The molecule has 0 saturated heterocycles. The number of nitrogens with one attached hydrogen (secondary N) is 3. The third-order valence-corrected chi connectivity index (χ3v) is 5.84. The van der Waals surface area contributed by atoms with Gasteiger partial charge in [-0.25, -0.2) is 14.4 Å². The molecule has 0 aliphatic rings. The Morgan fingerprint density at radius 2 is 0.792 bits per heavy atom. The Hall–Kier alpha value is -5.06. The molecule has 3 aromatic rings. The van der Waals surface area contributed by atoms with Gasteiger partial charge in [-0.1, -0.05) is 18.2 Å². The van der Waals surface area contributed by atoms with Crippen LogP contribution in [-0.4, -0.2) is 96.4 Å². The number of aldehydes is 1. The second-order valence-corrected chi connectivity index (χ2v) is 10.8. The first-order valence-electron chi connectivity index (χ1n) is 14.3. The number of hydrogen-bond acceptors (Lipinski definition) is 9. The van der Waals surface area contributed by atoms with Crippen LogP contribution in [-0.2, 0) is 4.79 Å². The molecule has 11 N–H and O–H groups in total. The first kappa shape index (κ1) is 42.9. The van der Waals surface area contributed by atoms with Gasteiger partial charge in [-0.2, -0.15) is 0 Å². The van der Waals surface area contributed by atoms with Crippen LogP contribution in [0.5, 0.6) is 0 Å². The molecule has 4 atom stereocenters. The Labute approximate surface area is 278 Å². The second kappa shape index (κ2) is 21.7. The van der Waals surface area contributed by atoms with Gasteiger partial charge in [0.2, 0.25) is 0 Å². The van der Waals surface area contributed by atoms with E-state index >= 15 is 0 Å². The van der Waals surface area contributed by atoms with Gasteiger partial charge in [0.15, 0.2) is 6.29 Å². The SMILES string of the molecule is Cc1cc(C)cc(NC(=O)O)c1.Cc1cc(C)cc(NC(=O)O)c1.Cc1cc(C)cc(NC(=O)O)c1.O=C[C@H](O)[C@@H](O)[C@H](O)[C@H](O)CO.